The Labute approximate surface area is 102 Å². The summed E-state index contributed by atoms with van der Waals surface area (Å²) in [6.07, 6.45) is 5.41. The molecule has 2 rings (SSSR count). The van der Waals surface area contributed by atoms with Crippen LogP contribution in [0.3, 0.4) is 0 Å². The van der Waals surface area contributed by atoms with E-state index in [1.165, 1.54) is 6.42 Å². The maximum atomic E-state index is 8.94. The molecule has 0 bridgehead atoms. The Bertz CT molecular complexity index is 413. The van der Waals surface area contributed by atoms with E-state index in [0.717, 1.165) is 18.4 Å². The summed E-state index contributed by atoms with van der Waals surface area (Å²) in [7, 11) is 1.76. The van der Waals surface area contributed by atoms with Crippen LogP contribution in [0.4, 0.5) is 0 Å². The second-order valence-electron chi connectivity index (χ2n) is 4.32. The van der Waals surface area contributed by atoms with E-state index in [1.54, 1.807) is 13.3 Å². The molecule has 2 atom stereocenters. The fraction of sp³-hybridized carbons (Fsp3) is 0.538. The van der Waals surface area contributed by atoms with E-state index < -0.39 is 0 Å². The van der Waals surface area contributed by atoms with Crippen LogP contribution in [0.5, 0.6) is 0 Å². The zero-order valence-corrected chi connectivity index (χ0v) is 10.0. The highest BCUT2D eigenvalue weighted by atomic mass is 16.5. The van der Waals surface area contributed by atoms with Crippen LogP contribution in [0, 0.1) is 11.3 Å². The molecule has 1 aromatic rings. The summed E-state index contributed by atoms with van der Waals surface area (Å²) >= 11 is 0. The number of methoxy groups -OCH3 is 1. The van der Waals surface area contributed by atoms with Crippen LogP contribution in [0.2, 0.25) is 0 Å². The molecule has 0 spiro atoms. The first-order valence-corrected chi connectivity index (χ1v) is 5.95. The van der Waals surface area contributed by atoms with Crippen molar-refractivity contribution < 1.29 is 4.74 Å². The van der Waals surface area contributed by atoms with Crippen LogP contribution in [0.15, 0.2) is 18.3 Å². The molecule has 17 heavy (non-hydrogen) atoms. The summed E-state index contributed by atoms with van der Waals surface area (Å²) in [5.74, 6) is 0. The second kappa shape index (κ2) is 5.76. The number of hydrogen-bond donors (Lipinski definition) is 1. The van der Waals surface area contributed by atoms with Crippen molar-refractivity contribution in [2.24, 2.45) is 0 Å². The third kappa shape index (κ3) is 2.82. The van der Waals surface area contributed by atoms with Crippen LogP contribution >= 0.6 is 0 Å². The lowest BCUT2D eigenvalue weighted by Crippen LogP contribution is -2.36. The minimum absolute atomic E-state index is 0.303. The van der Waals surface area contributed by atoms with Crippen LogP contribution in [-0.4, -0.2) is 24.2 Å². The van der Waals surface area contributed by atoms with Gasteiger partial charge >= 0.3 is 0 Å². The Kier molecular flexibility index (Phi) is 4.08. The maximum Gasteiger partial charge on any atom is 0.144 e. The smallest absolute Gasteiger partial charge is 0.144 e. The van der Waals surface area contributed by atoms with Gasteiger partial charge in [-0.1, -0.05) is 6.07 Å². The molecule has 1 aromatic heterocycles. The van der Waals surface area contributed by atoms with Gasteiger partial charge in [0.25, 0.3) is 0 Å². The molecule has 4 heteroatoms. The molecule has 0 saturated heterocycles. The molecular weight excluding hydrogens is 214 g/mol. The Morgan fingerprint density at radius 2 is 2.47 bits per heavy atom. The van der Waals surface area contributed by atoms with Crippen molar-refractivity contribution >= 4 is 0 Å². The number of nitrogens with one attached hydrogen (secondary N) is 1. The van der Waals surface area contributed by atoms with Gasteiger partial charge in [0, 0.05) is 31.5 Å². The Balaban J connectivity index is 1.96. The lowest BCUT2D eigenvalue weighted by molar-refractivity contribution is 0.0847. The molecule has 4 nitrogen and oxygen atoms in total. The highest BCUT2D eigenvalue weighted by molar-refractivity contribution is 5.30. The summed E-state index contributed by atoms with van der Waals surface area (Å²) in [4.78, 5) is 4.05. The van der Waals surface area contributed by atoms with Gasteiger partial charge in [-0.15, -0.1) is 0 Å². The molecule has 1 saturated carbocycles. The summed E-state index contributed by atoms with van der Waals surface area (Å²) in [6.45, 7) is 0.682. The number of rotatable bonds is 4. The standard InChI is InChI=1S/C13H17N3O/c1-17-13-6-2-5-11(13)16-9-10-4-3-7-15-12(10)8-14/h3-4,7,11,13,16H,2,5-6,9H2,1H3. The highest BCUT2D eigenvalue weighted by Gasteiger charge is 2.26. The van der Waals surface area contributed by atoms with E-state index in [1.807, 2.05) is 12.1 Å². The number of hydrogen-bond acceptors (Lipinski definition) is 4. The summed E-state index contributed by atoms with van der Waals surface area (Å²) in [6, 6.07) is 6.31. The van der Waals surface area contributed by atoms with E-state index in [-0.39, 0.29) is 0 Å². The fourth-order valence-electron chi connectivity index (χ4n) is 2.36. The molecule has 1 fully saturated rings. The lowest BCUT2D eigenvalue weighted by Gasteiger charge is -2.19. The first-order valence-electron chi connectivity index (χ1n) is 5.95. The third-order valence-corrected chi connectivity index (χ3v) is 3.31. The van der Waals surface area contributed by atoms with Gasteiger partial charge in [0.05, 0.1) is 6.10 Å². The molecule has 1 aliphatic carbocycles. The molecule has 2 unspecified atom stereocenters. The number of pyridine rings is 1. The molecule has 0 aliphatic heterocycles. The predicted octanol–water partition coefficient (Wildman–Crippen LogP) is 1.61. The number of nitrogens with zero attached hydrogens (tertiary/aromatic N) is 2. The third-order valence-electron chi connectivity index (χ3n) is 3.31. The van der Waals surface area contributed by atoms with Gasteiger partial charge < -0.3 is 10.1 Å². The molecule has 1 N–H and O–H groups in total. The van der Waals surface area contributed by atoms with Crippen molar-refractivity contribution in [3.05, 3.63) is 29.6 Å². The van der Waals surface area contributed by atoms with Gasteiger partial charge in [-0.05, 0) is 25.3 Å². The normalized spacial score (nSPS) is 23.5. The van der Waals surface area contributed by atoms with Crippen LogP contribution in [0.1, 0.15) is 30.5 Å². The lowest BCUT2D eigenvalue weighted by atomic mass is 10.1. The summed E-state index contributed by atoms with van der Waals surface area (Å²) < 4.78 is 5.43. The molecule has 1 heterocycles. The van der Waals surface area contributed by atoms with Crippen LogP contribution in [0.25, 0.3) is 0 Å². The minimum Gasteiger partial charge on any atom is -0.380 e. The molecular formula is C13H17N3O. The molecule has 1 aliphatic rings. The fourth-order valence-corrected chi connectivity index (χ4v) is 2.36. The number of aromatic nitrogens is 1. The van der Waals surface area contributed by atoms with E-state index in [9.17, 15) is 0 Å². The van der Waals surface area contributed by atoms with Crippen molar-refractivity contribution in [3.63, 3.8) is 0 Å². The van der Waals surface area contributed by atoms with Gasteiger partial charge in [-0.25, -0.2) is 4.98 Å². The van der Waals surface area contributed by atoms with E-state index >= 15 is 0 Å². The monoisotopic (exact) mass is 231 g/mol. The predicted molar refractivity (Wildman–Crippen MR) is 64.2 cm³/mol. The first-order chi connectivity index (χ1) is 8.35. The Morgan fingerprint density at radius 3 is 3.24 bits per heavy atom. The topological polar surface area (TPSA) is 57.9 Å². The van der Waals surface area contributed by atoms with Gasteiger partial charge in [0.15, 0.2) is 0 Å². The number of ether oxygens (including phenoxy) is 1. The largest absolute Gasteiger partial charge is 0.380 e. The van der Waals surface area contributed by atoms with Crippen molar-refractivity contribution in [3.8, 4) is 6.07 Å². The van der Waals surface area contributed by atoms with Gasteiger partial charge in [0.2, 0.25) is 0 Å². The quantitative estimate of drug-likeness (QED) is 0.855. The summed E-state index contributed by atoms with van der Waals surface area (Å²) in [5.41, 5.74) is 1.46. The van der Waals surface area contributed by atoms with E-state index in [2.05, 4.69) is 16.4 Å². The van der Waals surface area contributed by atoms with E-state index in [4.69, 9.17) is 10.00 Å². The zero-order chi connectivity index (χ0) is 12.1. The SMILES string of the molecule is COC1CCCC1NCc1cccnc1C#N. The molecule has 90 valence electrons. The van der Waals surface area contributed by atoms with Crippen molar-refractivity contribution in [2.75, 3.05) is 7.11 Å². The van der Waals surface area contributed by atoms with E-state index in [0.29, 0.717) is 24.4 Å². The zero-order valence-electron chi connectivity index (χ0n) is 10.0. The number of nitriles is 1. The Morgan fingerprint density at radius 1 is 1.59 bits per heavy atom. The van der Waals surface area contributed by atoms with Crippen LogP contribution in [-0.2, 0) is 11.3 Å². The summed E-state index contributed by atoms with van der Waals surface area (Å²) in [5, 5.41) is 12.4. The van der Waals surface area contributed by atoms with Crippen molar-refractivity contribution in [1.29, 1.82) is 5.26 Å². The molecule has 0 amide bonds. The van der Waals surface area contributed by atoms with Gasteiger partial charge in [0.1, 0.15) is 11.8 Å². The first kappa shape index (κ1) is 12.0. The maximum absolute atomic E-state index is 8.94. The molecule has 0 radical (unpaired) electrons. The highest BCUT2D eigenvalue weighted by Crippen LogP contribution is 2.21. The Hall–Kier alpha value is -1.44. The minimum atomic E-state index is 0.303. The second-order valence-corrected chi connectivity index (χ2v) is 4.32. The molecule has 0 aromatic carbocycles. The van der Waals surface area contributed by atoms with Crippen molar-refractivity contribution in [2.45, 2.75) is 38.0 Å². The van der Waals surface area contributed by atoms with Gasteiger partial charge in [-0.2, -0.15) is 5.26 Å². The van der Waals surface area contributed by atoms with Gasteiger partial charge in [-0.3, -0.25) is 0 Å². The van der Waals surface area contributed by atoms with Crippen LogP contribution < -0.4 is 5.32 Å². The average molecular weight is 231 g/mol. The average Bonchev–Trinajstić information content (AvgIpc) is 2.84. The van der Waals surface area contributed by atoms with Crippen molar-refractivity contribution in [1.82, 2.24) is 10.3 Å².